The molecule has 38 heavy (non-hydrogen) atoms. The number of anilines is 1. The van der Waals surface area contributed by atoms with Crippen LogP contribution in [0.3, 0.4) is 0 Å². The number of halogens is 3. The minimum absolute atomic E-state index is 0.0750. The zero-order valence-electron chi connectivity index (χ0n) is 20.4. The van der Waals surface area contributed by atoms with Gasteiger partial charge in [0.1, 0.15) is 6.54 Å². The van der Waals surface area contributed by atoms with E-state index in [9.17, 15) is 13.2 Å². The molecule has 0 atom stereocenters. The van der Waals surface area contributed by atoms with Gasteiger partial charge in [0.2, 0.25) is 0 Å². The van der Waals surface area contributed by atoms with Crippen molar-refractivity contribution in [3.8, 4) is 5.69 Å². The number of hydrazone groups is 1. The fraction of sp³-hybridized carbons (Fsp3) is 0.111. The van der Waals surface area contributed by atoms with Crippen molar-refractivity contribution in [2.45, 2.75) is 18.7 Å². The summed E-state index contributed by atoms with van der Waals surface area (Å²) < 4.78 is 30.5. The highest BCUT2D eigenvalue weighted by atomic mass is 79.9. The van der Waals surface area contributed by atoms with Crippen molar-refractivity contribution in [3.05, 3.63) is 110 Å². The lowest BCUT2D eigenvalue weighted by Gasteiger charge is -2.23. The summed E-state index contributed by atoms with van der Waals surface area (Å²) in [5.41, 5.74) is 6.21. The number of aryl methyl sites for hydroxylation is 1. The maximum Gasteiger partial charge on any atom is 0.264 e. The van der Waals surface area contributed by atoms with Crippen molar-refractivity contribution in [1.29, 1.82) is 0 Å². The predicted octanol–water partition coefficient (Wildman–Crippen LogP) is 6.51. The van der Waals surface area contributed by atoms with E-state index in [-0.39, 0.29) is 4.90 Å². The highest BCUT2D eigenvalue weighted by Gasteiger charge is 2.27. The molecule has 196 valence electrons. The molecular weight excluding hydrogens is 611 g/mol. The van der Waals surface area contributed by atoms with Crippen LogP contribution in [-0.2, 0) is 14.8 Å². The van der Waals surface area contributed by atoms with Gasteiger partial charge in [-0.3, -0.25) is 9.10 Å². The average molecular weight is 634 g/mol. The second-order valence-electron chi connectivity index (χ2n) is 8.36. The minimum atomic E-state index is -4.01. The van der Waals surface area contributed by atoms with Gasteiger partial charge in [0, 0.05) is 27.1 Å². The molecule has 1 heterocycles. The van der Waals surface area contributed by atoms with Gasteiger partial charge in [-0.15, -0.1) is 0 Å². The number of benzene rings is 3. The lowest BCUT2D eigenvalue weighted by atomic mass is 10.2. The van der Waals surface area contributed by atoms with Crippen molar-refractivity contribution in [2.75, 3.05) is 10.8 Å². The van der Waals surface area contributed by atoms with Crippen LogP contribution in [0.5, 0.6) is 0 Å². The van der Waals surface area contributed by atoms with Gasteiger partial charge < -0.3 is 4.57 Å². The Morgan fingerprint density at radius 3 is 2.42 bits per heavy atom. The first-order valence-electron chi connectivity index (χ1n) is 11.4. The molecule has 4 rings (SSSR count). The van der Waals surface area contributed by atoms with Gasteiger partial charge in [-0.05, 0) is 68.4 Å². The summed E-state index contributed by atoms with van der Waals surface area (Å²) in [7, 11) is -4.01. The molecule has 4 aromatic rings. The number of nitrogens with one attached hydrogen (secondary N) is 1. The van der Waals surface area contributed by atoms with Crippen LogP contribution in [0.25, 0.3) is 5.69 Å². The van der Waals surface area contributed by atoms with Crippen LogP contribution >= 0.6 is 39.1 Å². The van der Waals surface area contributed by atoms with Crippen LogP contribution in [0.1, 0.15) is 17.0 Å². The molecule has 0 bridgehead atoms. The monoisotopic (exact) mass is 632 g/mol. The van der Waals surface area contributed by atoms with Gasteiger partial charge >= 0.3 is 0 Å². The standard InChI is InChI=1S/C27H23BrCl2N4O3S/c1-18-13-20(19(2)34(18)23-11-12-25(29)26(30)15-23)16-31-32-27(35)17-33(22-8-6-7-21(28)14-22)38(36,37)24-9-4-3-5-10-24/h3-16H,17H2,1-2H3,(H,32,35)/b31-16-. The van der Waals surface area contributed by atoms with Gasteiger partial charge in [0.15, 0.2) is 0 Å². The van der Waals surface area contributed by atoms with E-state index in [0.29, 0.717) is 20.2 Å². The Bertz CT molecular complexity index is 1620. The zero-order chi connectivity index (χ0) is 27.4. The van der Waals surface area contributed by atoms with Crippen molar-refractivity contribution in [3.63, 3.8) is 0 Å². The topological polar surface area (TPSA) is 83.8 Å². The van der Waals surface area contributed by atoms with Crippen molar-refractivity contribution >= 4 is 67.0 Å². The average Bonchev–Trinajstić information content (AvgIpc) is 3.17. The number of aromatic nitrogens is 1. The molecule has 3 aromatic carbocycles. The number of nitrogens with zero attached hydrogens (tertiary/aromatic N) is 3. The second kappa shape index (κ2) is 11.7. The van der Waals surface area contributed by atoms with E-state index >= 15 is 0 Å². The number of amides is 1. The maximum absolute atomic E-state index is 13.4. The van der Waals surface area contributed by atoms with E-state index in [4.69, 9.17) is 23.2 Å². The number of sulfonamides is 1. The largest absolute Gasteiger partial charge is 0.318 e. The Labute approximate surface area is 239 Å². The second-order valence-corrected chi connectivity index (χ2v) is 12.0. The van der Waals surface area contributed by atoms with Crippen molar-refractivity contribution in [1.82, 2.24) is 9.99 Å². The molecule has 11 heteroatoms. The van der Waals surface area contributed by atoms with Crippen molar-refractivity contribution < 1.29 is 13.2 Å². The summed E-state index contributed by atoms with van der Waals surface area (Å²) in [5.74, 6) is -0.598. The summed E-state index contributed by atoms with van der Waals surface area (Å²) in [4.78, 5) is 12.9. The van der Waals surface area contributed by atoms with E-state index in [2.05, 4.69) is 26.5 Å². The summed E-state index contributed by atoms with van der Waals surface area (Å²) in [6.07, 6.45) is 1.52. The van der Waals surface area contributed by atoms with Gasteiger partial charge in [0.25, 0.3) is 15.9 Å². The zero-order valence-corrected chi connectivity index (χ0v) is 24.3. The molecule has 0 saturated heterocycles. The molecule has 1 amide bonds. The molecule has 0 spiro atoms. The fourth-order valence-corrected chi connectivity index (χ4v) is 6.06. The van der Waals surface area contributed by atoms with E-state index in [0.717, 1.165) is 26.9 Å². The number of carbonyl (C=O) groups is 1. The first kappa shape index (κ1) is 27.9. The highest BCUT2D eigenvalue weighted by Crippen LogP contribution is 2.28. The molecule has 7 nitrogen and oxygen atoms in total. The fourth-order valence-electron chi connectivity index (χ4n) is 3.95. The molecule has 0 unspecified atom stereocenters. The smallest absolute Gasteiger partial charge is 0.264 e. The first-order valence-corrected chi connectivity index (χ1v) is 14.4. The van der Waals surface area contributed by atoms with Crippen LogP contribution < -0.4 is 9.73 Å². The van der Waals surface area contributed by atoms with Gasteiger partial charge in [-0.2, -0.15) is 5.10 Å². The Hall–Kier alpha value is -3.11. The quantitative estimate of drug-likeness (QED) is 0.177. The highest BCUT2D eigenvalue weighted by molar-refractivity contribution is 9.10. The normalized spacial score (nSPS) is 11.6. The molecule has 0 aliphatic carbocycles. The van der Waals surface area contributed by atoms with Crippen LogP contribution in [0.15, 0.2) is 93.3 Å². The van der Waals surface area contributed by atoms with E-state index in [1.165, 1.54) is 18.3 Å². The lowest BCUT2D eigenvalue weighted by molar-refractivity contribution is -0.119. The Balaban J connectivity index is 1.55. The lowest BCUT2D eigenvalue weighted by Crippen LogP contribution is -2.39. The third-order valence-electron chi connectivity index (χ3n) is 5.74. The molecule has 0 aliphatic heterocycles. The summed E-state index contributed by atoms with van der Waals surface area (Å²) >= 11 is 15.6. The Kier molecular flexibility index (Phi) is 8.62. The number of hydrogen-bond acceptors (Lipinski definition) is 4. The SMILES string of the molecule is Cc1cc(/C=N\NC(=O)CN(c2cccc(Br)c2)S(=O)(=O)c2ccccc2)c(C)n1-c1ccc(Cl)c(Cl)c1. The van der Waals surface area contributed by atoms with E-state index in [1.807, 2.05) is 30.5 Å². The molecular formula is C27H23BrCl2N4O3S. The number of carbonyl (C=O) groups excluding carboxylic acids is 1. The molecule has 0 aliphatic rings. The van der Waals surface area contributed by atoms with Crippen molar-refractivity contribution in [2.24, 2.45) is 5.10 Å². The molecule has 0 saturated carbocycles. The van der Waals surface area contributed by atoms with Crippen LogP contribution in [-0.4, -0.2) is 31.7 Å². The van der Waals surface area contributed by atoms with Crippen LogP contribution in [0, 0.1) is 13.8 Å². The van der Waals surface area contributed by atoms with Crippen LogP contribution in [0.4, 0.5) is 5.69 Å². The number of rotatable bonds is 8. The van der Waals surface area contributed by atoms with Crippen LogP contribution in [0.2, 0.25) is 10.0 Å². The Morgan fingerprint density at radius 1 is 1.00 bits per heavy atom. The first-order chi connectivity index (χ1) is 18.1. The predicted molar refractivity (Wildman–Crippen MR) is 156 cm³/mol. The Morgan fingerprint density at radius 2 is 1.74 bits per heavy atom. The van der Waals surface area contributed by atoms with Gasteiger partial charge in [-0.1, -0.05) is 63.4 Å². The molecule has 1 aromatic heterocycles. The van der Waals surface area contributed by atoms with Gasteiger partial charge in [0.05, 0.1) is 26.8 Å². The minimum Gasteiger partial charge on any atom is -0.318 e. The molecule has 1 N–H and O–H groups in total. The number of hydrogen-bond donors (Lipinski definition) is 1. The van der Waals surface area contributed by atoms with E-state index < -0.39 is 22.5 Å². The summed E-state index contributed by atoms with van der Waals surface area (Å²) in [6.45, 7) is 3.39. The molecule has 0 fully saturated rings. The third-order valence-corrected chi connectivity index (χ3v) is 8.76. The molecule has 0 radical (unpaired) electrons. The third kappa shape index (κ3) is 6.13. The van der Waals surface area contributed by atoms with E-state index in [1.54, 1.807) is 54.6 Å². The summed E-state index contributed by atoms with van der Waals surface area (Å²) in [5, 5.41) is 5.00. The maximum atomic E-state index is 13.4. The van der Waals surface area contributed by atoms with Gasteiger partial charge in [-0.25, -0.2) is 13.8 Å². The summed E-state index contributed by atoms with van der Waals surface area (Å²) in [6, 6.07) is 22.0.